The lowest BCUT2D eigenvalue weighted by atomic mass is 10.1. The van der Waals surface area contributed by atoms with Crippen LogP contribution in [0.2, 0.25) is 5.02 Å². The molecule has 1 rings (SSSR count). The molecule has 0 aliphatic carbocycles. The lowest BCUT2D eigenvalue weighted by Gasteiger charge is -2.02. The van der Waals surface area contributed by atoms with E-state index in [0.29, 0.717) is 17.9 Å². The van der Waals surface area contributed by atoms with Gasteiger partial charge in [0, 0.05) is 12.1 Å². The average Bonchev–Trinajstić information content (AvgIpc) is 2.10. The van der Waals surface area contributed by atoms with Gasteiger partial charge in [0.1, 0.15) is 0 Å². The third-order valence-electron chi connectivity index (χ3n) is 1.86. The Balaban J connectivity index is 2.57. The molecule has 76 valence electrons. The number of hydrogen-bond acceptors (Lipinski definition) is 2. The van der Waals surface area contributed by atoms with Crippen LogP contribution in [0.25, 0.3) is 0 Å². The van der Waals surface area contributed by atoms with Crippen molar-refractivity contribution in [3.8, 4) is 0 Å². The standard InChI is InChI=1S/C10H12ClNO2/c1-7-5-6-8(11)9(12-7)3-2-4-10(13)14/h5-6H,2-4H2,1H3,(H,13,14). The molecule has 4 heteroatoms. The summed E-state index contributed by atoms with van der Waals surface area (Å²) >= 11 is 5.90. The number of aliphatic carboxylic acids is 1. The highest BCUT2D eigenvalue weighted by molar-refractivity contribution is 6.31. The molecule has 1 aromatic heterocycles. The molecule has 0 fully saturated rings. The smallest absolute Gasteiger partial charge is 0.303 e. The van der Waals surface area contributed by atoms with Crippen molar-refractivity contribution in [1.29, 1.82) is 0 Å². The van der Waals surface area contributed by atoms with Gasteiger partial charge in [0.15, 0.2) is 0 Å². The van der Waals surface area contributed by atoms with Crippen LogP contribution in [0.1, 0.15) is 24.2 Å². The van der Waals surface area contributed by atoms with Crippen LogP contribution < -0.4 is 0 Å². The summed E-state index contributed by atoms with van der Waals surface area (Å²) in [5.74, 6) is -0.784. The van der Waals surface area contributed by atoms with E-state index in [2.05, 4.69) is 4.98 Å². The largest absolute Gasteiger partial charge is 0.481 e. The van der Waals surface area contributed by atoms with E-state index in [1.807, 2.05) is 13.0 Å². The molecule has 1 aromatic rings. The lowest BCUT2D eigenvalue weighted by molar-refractivity contribution is -0.137. The Morgan fingerprint density at radius 3 is 2.93 bits per heavy atom. The third-order valence-corrected chi connectivity index (χ3v) is 2.21. The molecule has 1 N–H and O–H groups in total. The molecule has 1 heterocycles. The highest BCUT2D eigenvalue weighted by Gasteiger charge is 2.03. The molecule has 3 nitrogen and oxygen atoms in total. The van der Waals surface area contributed by atoms with Crippen molar-refractivity contribution < 1.29 is 9.90 Å². The first-order valence-corrected chi connectivity index (χ1v) is 4.81. The number of aryl methyl sites for hydroxylation is 2. The minimum atomic E-state index is -0.784. The van der Waals surface area contributed by atoms with Gasteiger partial charge in [0.25, 0.3) is 0 Å². The van der Waals surface area contributed by atoms with Gasteiger partial charge in [-0.05, 0) is 31.9 Å². The molecule has 0 aromatic carbocycles. The van der Waals surface area contributed by atoms with Crippen molar-refractivity contribution >= 4 is 17.6 Å². The van der Waals surface area contributed by atoms with Crippen molar-refractivity contribution in [3.63, 3.8) is 0 Å². The summed E-state index contributed by atoms with van der Waals surface area (Å²) in [6.07, 6.45) is 1.35. The third kappa shape index (κ3) is 3.34. The molecule has 0 radical (unpaired) electrons. The molecule has 0 aliphatic rings. The molecule has 0 atom stereocenters. The van der Waals surface area contributed by atoms with E-state index in [-0.39, 0.29) is 6.42 Å². The minimum absolute atomic E-state index is 0.159. The van der Waals surface area contributed by atoms with Gasteiger partial charge in [-0.2, -0.15) is 0 Å². The summed E-state index contributed by atoms with van der Waals surface area (Å²) < 4.78 is 0. The Morgan fingerprint density at radius 2 is 2.29 bits per heavy atom. The predicted molar refractivity (Wildman–Crippen MR) is 54.6 cm³/mol. The Morgan fingerprint density at radius 1 is 1.57 bits per heavy atom. The van der Waals surface area contributed by atoms with Gasteiger partial charge in [-0.15, -0.1) is 0 Å². The minimum Gasteiger partial charge on any atom is -0.481 e. The van der Waals surface area contributed by atoms with E-state index in [4.69, 9.17) is 16.7 Å². The first kappa shape index (κ1) is 11.0. The van der Waals surface area contributed by atoms with Gasteiger partial charge in [-0.1, -0.05) is 11.6 Å². The number of nitrogens with zero attached hydrogens (tertiary/aromatic N) is 1. The summed E-state index contributed by atoms with van der Waals surface area (Å²) in [4.78, 5) is 14.5. The first-order chi connectivity index (χ1) is 6.59. The second kappa shape index (κ2) is 4.96. The number of carboxylic acids is 1. The van der Waals surface area contributed by atoms with Gasteiger partial charge in [0.2, 0.25) is 0 Å². The van der Waals surface area contributed by atoms with Crippen LogP contribution in [0.4, 0.5) is 0 Å². The fraction of sp³-hybridized carbons (Fsp3) is 0.400. The number of aromatic nitrogens is 1. The maximum Gasteiger partial charge on any atom is 0.303 e. The van der Waals surface area contributed by atoms with Gasteiger partial charge >= 0.3 is 5.97 Å². The zero-order valence-corrected chi connectivity index (χ0v) is 8.71. The van der Waals surface area contributed by atoms with Crippen molar-refractivity contribution in [3.05, 3.63) is 28.5 Å². The van der Waals surface area contributed by atoms with E-state index in [1.54, 1.807) is 6.07 Å². The van der Waals surface area contributed by atoms with Crippen LogP contribution in [0.5, 0.6) is 0 Å². The van der Waals surface area contributed by atoms with Crippen molar-refractivity contribution in [1.82, 2.24) is 4.98 Å². The first-order valence-electron chi connectivity index (χ1n) is 4.43. The van der Waals surface area contributed by atoms with E-state index < -0.39 is 5.97 Å². The lowest BCUT2D eigenvalue weighted by Crippen LogP contribution is -1.98. The summed E-state index contributed by atoms with van der Waals surface area (Å²) in [5.41, 5.74) is 1.69. The number of rotatable bonds is 4. The van der Waals surface area contributed by atoms with E-state index in [1.165, 1.54) is 0 Å². The second-order valence-electron chi connectivity index (χ2n) is 3.13. The molecule has 0 bridgehead atoms. The van der Waals surface area contributed by atoms with E-state index in [0.717, 1.165) is 11.4 Å². The molecule has 0 spiro atoms. The Bertz CT molecular complexity index is 339. The number of halogens is 1. The van der Waals surface area contributed by atoms with Crippen molar-refractivity contribution in [2.24, 2.45) is 0 Å². The molecular weight excluding hydrogens is 202 g/mol. The second-order valence-corrected chi connectivity index (χ2v) is 3.54. The quantitative estimate of drug-likeness (QED) is 0.836. The molecule has 0 unspecified atom stereocenters. The van der Waals surface area contributed by atoms with E-state index >= 15 is 0 Å². The fourth-order valence-electron chi connectivity index (χ4n) is 1.18. The maximum atomic E-state index is 10.3. The van der Waals surface area contributed by atoms with Crippen LogP contribution in [-0.2, 0) is 11.2 Å². The van der Waals surface area contributed by atoms with Gasteiger partial charge in [-0.25, -0.2) is 0 Å². The van der Waals surface area contributed by atoms with Crippen molar-refractivity contribution in [2.45, 2.75) is 26.2 Å². The molecule has 14 heavy (non-hydrogen) atoms. The normalized spacial score (nSPS) is 10.1. The topological polar surface area (TPSA) is 50.2 Å². The highest BCUT2D eigenvalue weighted by atomic mass is 35.5. The van der Waals surface area contributed by atoms with Gasteiger partial charge < -0.3 is 5.11 Å². The predicted octanol–water partition coefficient (Wildman–Crippen LogP) is 2.45. The SMILES string of the molecule is Cc1ccc(Cl)c(CCCC(=O)O)n1. The zero-order valence-electron chi connectivity index (χ0n) is 7.96. The van der Waals surface area contributed by atoms with Crippen LogP contribution in [-0.4, -0.2) is 16.1 Å². The monoisotopic (exact) mass is 213 g/mol. The maximum absolute atomic E-state index is 10.3. The van der Waals surface area contributed by atoms with Gasteiger partial charge in [0.05, 0.1) is 10.7 Å². The van der Waals surface area contributed by atoms with Crippen LogP contribution in [0.15, 0.2) is 12.1 Å². The highest BCUT2D eigenvalue weighted by Crippen LogP contribution is 2.16. The fourth-order valence-corrected chi connectivity index (χ4v) is 1.38. The molecule has 0 amide bonds. The van der Waals surface area contributed by atoms with Crippen LogP contribution in [0, 0.1) is 6.92 Å². The molecule has 0 aliphatic heterocycles. The number of carboxylic acid groups (broad SMARTS) is 1. The number of pyridine rings is 1. The van der Waals surface area contributed by atoms with Crippen LogP contribution in [0.3, 0.4) is 0 Å². The Kier molecular flexibility index (Phi) is 3.89. The Labute approximate surface area is 87.7 Å². The van der Waals surface area contributed by atoms with E-state index in [9.17, 15) is 4.79 Å². The zero-order chi connectivity index (χ0) is 10.6. The summed E-state index contributed by atoms with van der Waals surface area (Å²) in [5, 5.41) is 9.07. The molecular formula is C10H12ClNO2. The summed E-state index contributed by atoms with van der Waals surface area (Å²) in [6.45, 7) is 1.89. The molecule has 0 saturated heterocycles. The summed E-state index contributed by atoms with van der Waals surface area (Å²) in [6, 6.07) is 3.63. The molecule has 0 saturated carbocycles. The summed E-state index contributed by atoms with van der Waals surface area (Å²) in [7, 11) is 0. The number of hydrogen-bond donors (Lipinski definition) is 1. The Hall–Kier alpha value is -1.09. The number of carbonyl (C=O) groups is 1. The van der Waals surface area contributed by atoms with Gasteiger partial charge in [-0.3, -0.25) is 9.78 Å². The van der Waals surface area contributed by atoms with Crippen molar-refractivity contribution in [2.75, 3.05) is 0 Å². The average molecular weight is 214 g/mol. The van der Waals surface area contributed by atoms with Crippen LogP contribution >= 0.6 is 11.6 Å².